The minimum absolute atomic E-state index is 0.0658. The number of aliphatic hydroxyl groups excluding tert-OH is 1. The topological polar surface area (TPSA) is 196 Å². The number of aliphatic hydroxyl groups is 1. The molecule has 4 rings (SSSR count). The van der Waals surface area contributed by atoms with E-state index in [1.807, 2.05) is 53.8 Å². The third kappa shape index (κ3) is 10.9. The summed E-state index contributed by atoms with van der Waals surface area (Å²) in [5.41, 5.74) is 8.63. The van der Waals surface area contributed by atoms with Gasteiger partial charge in [-0.3, -0.25) is 24.0 Å². The molecule has 5 atom stereocenters. The Morgan fingerprint density at radius 3 is 2.02 bits per heavy atom. The number of halogens is 3. The van der Waals surface area contributed by atoms with Crippen molar-refractivity contribution in [1.82, 2.24) is 26.3 Å². The molecular formula is C38H43F3N6O6. The van der Waals surface area contributed by atoms with E-state index in [2.05, 4.69) is 20.9 Å². The van der Waals surface area contributed by atoms with Crippen molar-refractivity contribution in [3.05, 3.63) is 96.2 Å². The van der Waals surface area contributed by atoms with E-state index in [9.17, 15) is 42.3 Å². The van der Waals surface area contributed by atoms with Crippen LogP contribution in [0.5, 0.6) is 0 Å². The first kappa shape index (κ1) is 40.1. The van der Waals surface area contributed by atoms with E-state index < -0.39 is 84.7 Å². The highest BCUT2D eigenvalue weighted by Gasteiger charge is 2.44. The van der Waals surface area contributed by atoms with Gasteiger partial charge in [-0.2, -0.15) is 13.2 Å². The number of carbonyl (C=O) groups excluding carboxylic acids is 5. The molecule has 5 amide bonds. The molecule has 0 aliphatic heterocycles. The molecule has 5 unspecified atom stereocenters. The molecule has 0 radical (unpaired) electrons. The number of benzene rings is 3. The molecule has 0 fully saturated rings. The summed E-state index contributed by atoms with van der Waals surface area (Å²) in [6, 6.07) is 17.9. The van der Waals surface area contributed by atoms with Crippen molar-refractivity contribution in [2.75, 3.05) is 0 Å². The van der Waals surface area contributed by atoms with Gasteiger partial charge in [-0.05, 0) is 54.2 Å². The van der Waals surface area contributed by atoms with Crippen LogP contribution in [0.4, 0.5) is 13.2 Å². The summed E-state index contributed by atoms with van der Waals surface area (Å²) in [5, 5.41) is 20.5. The number of nitrogens with two attached hydrogens (primary N) is 1. The Bertz CT molecular complexity index is 1900. The maximum Gasteiger partial charge on any atom is 0.416 e. The Kier molecular flexibility index (Phi) is 13.4. The summed E-state index contributed by atoms with van der Waals surface area (Å²) in [7, 11) is 0. The van der Waals surface area contributed by atoms with Crippen LogP contribution in [0.2, 0.25) is 0 Å². The lowest BCUT2D eigenvalue weighted by molar-refractivity contribution is -0.212. The zero-order valence-electron chi connectivity index (χ0n) is 29.4. The highest BCUT2D eigenvalue weighted by atomic mass is 19.4. The number of nitrogens with one attached hydrogen (secondary N) is 5. The van der Waals surface area contributed by atoms with Crippen LogP contribution in [0.1, 0.15) is 49.5 Å². The van der Waals surface area contributed by atoms with Gasteiger partial charge in [-0.25, -0.2) is 0 Å². The average molecular weight is 737 g/mol. The predicted molar refractivity (Wildman–Crippen MR) is 192 cm³/mol. The highest BCUT2D eigenvalue weighted by molar-refractivity contribution is 5.99. The monoisotopic (exact) mass is 736 g/mol. The van der Waals surface area contributed by atoms with Crippen LogP contribution < -0.4 is 27.0 Å². The Hall–Kier alpha value is -5.70. The van der Waals surface area contributed by atoms with Crippen LogP contribution in [0.25, 0.3) is 22.0 Å². The molecule has 53 heavy (non-hydrogen) atoms. The third-order valence-corrected chi connectivity index (χ3v) is 8.72. The number of H-pyrrole nitrogens is 1. The highest BCUT2D eigenvalue weighted by Crippen LogP contribution is 2.25. The number of hydrogen-bond donors (Lipinski definition) is 7. The van der Waals surface area contributed by atoms with Crippen LogP contribution in [0.15, 0.2) is 85.1 Å². The van der Waals surface area contributed by atoms with Crippen LogP contribution in [0.3, 0.4) is 0 Å². The predicted octanol–water partition coefficient (Wildman–Crippen LogP) is 3.50. The van der Waals surface area contributed by atoms with Gasteiger partial charge in [-0.1, -0.05) is 74.5 Å². The number of hydrogen-bond acceptors (Lipinski definition) is 6. The molecule has 3 aromatic carbocycles. The van der Waals surface area contributed by atoms with E-state index >= 15 is 0 Å². The van der Waals surface area contributed by atoms with Gasteiger partial charge in [0.25, 0.3) is 5.91 Å². The fourth-order valence-electron chi connectivity index (χ4n) is 5.72. The number of fused-ring (bicyclic) bond motifs is 1. The maximum atomic E-state index is 13.8. The lowest BCUT2D eigenvalue weighted by atomic mass is 9.99. The molecule has 12 nitrogen and oxygen atoms in total. The lowest BCUT2D eigenvalue weighted by Gasteiger charge is -2.28. The molecule has 0 aliphatic carbocycles. The van der Waals surface area contributed by atoms with Gasteiger partial charge in [0.15, 0.2) is 6.10 Å². The molecule has 1 heterocycles. The lowest BCUT2D eigenvalue weighted by Crippen LogP contribution is -2.59. The SMILES string of the molecule is CC(NC(=O)C(Cc1c[nH]c2ccccc12)NC(=O)C(NC(=O)c1ccc(-c2ccccc2)cc1)C(C)C)C(=O)NC(CCC(N)=O)C(O)C(F)(F)F. The molecule has 0 bridgehead atoms. The molecule has 1 aromatic heterocycles. The molecule has 0 aliphatic rings. The molecule has 4 aromatic rings. The number of amides is 5. The molecule has 0 saturated heterocycles. The van der Waals surface area contributed by atoms with Gasteiger partial charge >= 0.3 is 6.18 Å². The van der Waals surface area contributed by atoms with Crippen LogP contribution in [-0.2, 0) is 25.6 Å². The van der Waals surface area contributed by atoms with E-state index in [0.717, 1.165) is 22.0 Å². The fourth-order valence-corrected chi connectivity index (χ4v) is 5.72. The summed E-state index contributed by atoms with van der Waals surface area (Å²) in [4.78, 5) is 68.2. The molecule has 15 heteroatoms. The summed E-state index contributed by atoms with van der Waals surface area (Å²) < 4.78 is 40.0. The van der Waals surface area contributed by atoms with Crippen molar-refractivity contribution in [2.45, 2.75) is 76.5 Å². The molecule has 282 valence electrons. The van der Waals surface area contributed by atoms with Crippen molar-refractivity contribution in [1.29, 1.82) is 0 Å². The van der Waals surface area contributed by atoms with Crippen molar-refractivity contribution in [3.8, 4) is 11.1 Å². The van der Waals surface area contributed by atoms with E-state index in [1.54, 1.807) is 50.4 Å². The van der Waals surface area contributed by atoms with Crippen molar-refractivity contribution in [2.24, 2.45) is 11.7 Å². The number of aromatic nitrogens is 1. The van der Waals surface area contributed by atoms with Gasteiger partial charge in [-0.15, -0.1) is 0 Å². The van der Waals surface area contributed by atoms with Crippen molar-refractivity contribution < 1.29 is 42.3 Å². The summed E-state index contributed by atoms with van der Waals surface area (Å²) in [5.74, 6) is -4.51. The molecular weight excluding hydrogens is 693 g/mol. The molecule has 8 N–H and O–H groups in total. The summed E-state index contributed by atoms with van der Waals surface area (Å²) >= 11 is 0. The second-order valence-electron chi connectivity index (χ2n) is 13.1. The van der Waals surface area contributed by atoms with Gasteiger partial charge in [0, 0.05) is 35.5 Å². The largest absolute Gasteiger partial charge is 0.416 e. The first-order chi connectivity index (χ1) is 25.0. The number of primary amides is 1. The normalized spacial score (nSPS) is 14.4. The quantitative estimate of drug-likeness (QED) is 0.0920. The Labute approximate surface area is 304 Å². The zero-order chi connectivity index (χ0) is 38.9. The summed E-state index contributed by atoms with van der Waals surface area (Å²) in [6.45, 7) is 4.64. The Balaban J connectivity index is 1.52. The second-order valence-corrected chi connectivity index (χ2v) is 13.1. The first-order valence-corrected chi connectivity index (χ1v) is 17.0. The fraction of sp³-hybridized carbons (Fsp3) is 0.342. The third-order valence-electron chi connectivity index (χ3n) is 8.72. The second kappa shape index (κ2) is 17.7. The Morgan fingerprint density at radius 2 is 1.40 bits per heavy atom. The van der Waals surface area contributed by atoms with E-state index in [4.69, 9.17) is 5.73 Å². The number of aromatic amines is 1. The van der Waals surface area contributed by atoms with E-state index in [1.165, 1.54) is 6.92 Å². The smallest absolute Gasteiger partial charge is 0.382 e. The van der Waals surface area contributed by atoms with Crippen molar-refractivity contribution in [3.63, 3.8) is 0 Å². The standard InChI is InChI=1S/C38H43F3N6O6/c1-21(2)32(47-35(51)25-15-13-24(14-16-25)23-9-5-4-6-10-23)37(53)46-30(19-26-20-43-28-12-8-7-11-27(26)28)36(52)44-22(3)34(50)45-29(17-18-31(42)48)33(49)38(39,40)41/h4-16,20-22,29-30,32-33,43,49H,17-19H2,1-3H3,(H2,42,48)(H,44,52)(H,45,50)(H,46,53)(H,47,51). The first-order valence-electron chi connectivity index (χ1n) is 17.0. The van der Waals surface area contributed by atoms with Gasteiger partial charge < -0.3 is 37.1 Å². The average Bonchev–Trinajstić information content (AvgIpc) is 3.53. The van der Waals surface area contributed by atoms with Crippen LogP contribution in [0, 0.1) is 5.92 Å². The van der Waals surface area contributed by atoms with Crippen LogP contribution in [-0.4, -0.2) is 76.1 Å². The van der Waals surface area contributed by atoms with Gasteiger partial charge in [0.05, 0.1) is 6.04 Å². The number of rotatable bonds is 16. The van der Waals surface area contributed by atoms with E-state index in [0.29, 0.717) is 11.1 Å². The van der Waals surface area contributed by atoms with Gasteiger partial charge in [0.1, 0.15) is 18.1 Å². The van der Waals surface area contributed by atoms with Crippen LogP contribution >= 0.6 is 0 Å². The van der Waals surface area contributed by atoms with Gasteiger partial charge in [0.2, 0.25) is 23.6 Å². The molecule has 0 spiro atoms. The molecule has 0 saturated carbocycles. The number of carbonyl (C=O) groups is 5. The zero-order valence-corrected chi connectivity index (χ0v) is 29.4. The van der Waals surface area contributed by atoms with E-state index in [-0.39, 0.29) is 6.42 Å². The Morgan fingerprint density at radius 1 is 0.774 bits per heavy atom. The number of para-hydroxylation sites is 1. The summed E-state index contributed by atoms with van der Waals surface area (Å²) in [6.07, 6.45) is -7.69. The maximum absolute atomic E-state index is 13.8. The minimum Gasteiger partial charge on any atom is -0.382 e. The number of alkyl halides is 3. The minimum atomic E-state index is -5.12. The van der Waals surface area contributed by atoms with Crippen molar-refractivity contribution >= 4 is 40.4 Å².